The third kappa shape index (κ3) is 1.25. The number of aliphatic hydroxyl groups is 1. The van der Waals surface area contributed by atoms with Crippen LogP contribution in [-0.2, 0) is 0 Å². The SMILES string of the molecule is O[C@H]1CCC[C@@H]1C1c2ccccc2-c2cncn21. The Balaban J connectivity index is 1.89. The van der Waals surface area contributed by atoms with Crippen molar-refractivity contribution in [1.82, 2.24) is 9.55 Å². The van der Waals surface area contributed by atoms with Gasteiger partial charge in [0.15, 0.2) is 0 Å². The van der Waals surface area contributed by atoms with Gasteiger partial charge in [-0.15, -0.1) is 0 Å². The monoisotopic (exact) mass is 240 g/mol. The molecule has 1 unspecified atom stereocenters. The summed E-state index contributed by atoms with van der Waals surface area (Å²) < 4.78 is 2.24. The summed E-state index contributed by atoms with van der Waals surface area (Å²) in [5.74, 6) is 0.335. The van der Waals surface area contributed by atoms with E-state index in [1.807, 2.05) is 12.5 Å². The molecule has 1 aliphatic heterocycles. The van der Waals surface area contributed by atoms with Crippen molar-refractivity contribution in [2.75, 3.05) is 0 Å². The minimum absolute atomic E-state index is 0.170. The number of hydrogen-bond donors (Lipinski definition) is 1. The van der Waals surface area contributed by atoms with Crippen LogP contribution in [0.5, 0.6) is 0 Å². The third-order valence-corrected chi connectivity index (χ3v) is 4.46. The Labute approximate surface area is 106 Å². The number of imidazole rings is 1. The van der Waals surface area contributed by atoms with E-state index in [2.05, 4.69) is 33.8 Å². The van der Waals surface area contributed by atoms with Gasteiger partial charge in [0, 0.05) is 11.5 Å². The largest absolute Gasteiger partial charge is 0.393 e. The van der Waals surface area contributed by atoms with Gasteiger partial charge in [0.05, 0.1) is 30.4 Å². The fourth-order valence-electron chi connectivity index (χ4n) is 3.65. The number of aliphatic hydroxyl groups excluding tert-OH is 1. The number of fused-ring (bicyclic) bond motifs is 3. The second-order valence-electron chi connectivity index (χ2n) is 5.38. The molecule has 0 spiro atoms. The predicted octanol–water partition coefficient (Wildman–Crippen LogP) is 2.61. The summed E-state index contributed by atoms with van der Waals surface area (Å²) in [6.45, 7) is 0. The second-order valence-corrected chi connectivity index (χ2v) is 5.38. The Hall–Kier alpha value is -1.61. The van der Waals surface area contributed by atoms with Crippen molar-refractivity contribution < 1.29 is 5.11 Å². The van der Waals surface area contributed by atoms with Crippen LogP contribution in [0.1, 0.15) is 30.9 Å². The van der Waals surface area contributed by atoms with Crippen molar-refractivity contribution in [2.24, 2.45) is 5.92 Å². The van der Waals surface area contributed by atoms with E-state index in [9.17, 15) is 5.11 Å². The van der Waals surface area contributed by atoms with Crippen LogP contribution in [0.4, 0.5) is 0 Å². The molecule has 3 atom stereocenters. The van der Waals surface area contributed by atoms with Crippen LogP contribution in [0, 0.1) is 5.92 Å². The van der Waals surface area contributed by atoms with Crippen molar-refractivity contribution in [3.8, 4) is 11.3 Å². The minimum atomic E-state index is -0.170. The van der Waals surface area contributed by atoms with Gasteiger partial charge in [-0.25, -0.2) is 4.98 Å². The van der Waals surface area contributed by atoms with Gasteiger partial charge >= 0.3 is 0 Å². The number of benzene rings is 1. The number of nitrogens with zero attached hydrogens (tertiary/aromatic N) is 2. The zero-order valence-corrected chi connectivity index (χ0v) is 10.2. The van der Waals surface area contributed by atoms with Crippen LogP contribution >= 0.6 is 0 Å². The van der Waals surface area contributed by atoms with Gasteiger partial charge in [-0.3, -0.25) is 0 Å². The molecule has 3 nitrogen and oxygen atoms in total. The molecule has 1 aromatic carbocycles. The van der Waals surface area contributed by atoms with Crippen LogP contribution in [0.3, 0.4) is 0 Å². The molecule has 0 bridgehead atoms. The van der Waals surface area contributed by atoms with Crippen LogP contribution < -0.4 is 0 Å². The third-order valence-electron chi connectivity index (χ3n) is 4.46. The maximum absolute atomic E-state index is 10.2. The first kappa shape index (κ1) is 10.3. The zero-order chi connectivity index (χ0) is 12.1. The summed E-state index contributed by atoms with van der Waals surface area (Å²) >= 11 is 0. The highest BCUT2D eigenvalue weighted by molar-refractivity contribution is 5.69. The molecule has 1 aromatic heterocycles. The lowest BCUT2D eigenvalue weighted by atomic mass is 9.90. The van der Waals surface area contributed by atoms with Crippen molar-refractivity contribution >= 4 is 0 Å². The van der Waals surface area contributed by atoms with E-state index in [4.69, 9.17) is 0 Å². The Morgan fingerprint density at radius 1 is 1.22 bits per heavy atom. The number of aromatic nitrogens is 2. The van der Waals surface area contributed by atoms with E-state index in [0.717, 1.165) is 19.3 Å². The molecule has 1 N–H and O–H groups in total. The highest BCUT2D eigenvalue weighted by Gasteiger charge is 2.39. The Kier molecular flexibility index (Phi) is 2.12. The van der Waals surface area contributed by atoms with Gasteiger partial charge in [0.1, 0.15) is 0 Å². The molecule has 1 fully saturated rings. The molecule has 3 heteroatoms. The molecule has 2 aromatic rings. The minimum Gasteiger partial charge on any atom is -0.393 e. The van der Waals surface area contributed by atoms with Gasteiger partial charge in [0.25, 0.3) is 0 Å². The van der Waals surface area contributed by atoms with Gasteiger partial charge in [-0.2, -0.15) is 0 Å². The highest BCUT2D eigenvalue weighted by Crippen LogP contribution is 2.47. The number of hydrogen-bond acceptors (Lipinski definition) is 2. The van der Waals surface area contributed by atoms with E-state index >= 15 is 0 Å². The van der Waals surface area contributed by atoms with Gasteiger partial charge < -0.3 is 9.67 Å². The molecule has 2 aliphatic rings. The van der Waals surface area contributed by atoms with E-state index in [1.54, 1.807) is 0 Å². The summed E-state index contributed by atoms with van der Waals surface area (Å²) in [5, 5.41) is 10.2. The summed E-state index contributed by atoms with van der Waals surface area (Å²) in [4.78, 5) is 4.27. The molecule has 1 saturated carbocycles. The molecule has 18 heavy (non-hydrogen) atoms. The van der Waals surface area contributed by atoms with Crippen molar-refractivity contribution in [1.29, 1.82) is 0 Å². The topological polar surface area (TPSA) is 38.1 Å². The van der Waals surface area contributed by atoms with Gasteiger partial charge in [0.2, 0.25) is 0 Å². The van der Waals surface area contributed by atoms with Crippen molar-refractivity contribution in [3.05, 3.63) is 42.4 Å². The highest BCUT2D eigenvalue weighted by atomic mass is 16.3. The van der Waals surface area contributed by atoms with E-state index in [1.165, 1.54) is 16.8 Å². The summed E-state index contributed by atoms with van der Waals surface area (Å²) in [6, 6.07) is 8.79. The molecule has 0 saturated heterocycles. The molecule has 0 radical (unpaired) electrons. The lowest BCUT2D eigenvalue weighted by Crippen LogP contribution is -2.24. The fourth-order valence-corrected chi connectivity index (χ4v) is 3.65. The average molecular weight is 240 g/mol. The molecule has 4 rings (SSSR count). The molecular weight excluding hydrogens is 224 g/mol. The Morgan fingerprint density at radius 3 is 2.94 bits per heavy atom. The summed E-state index contributed by atoms with van der Waals surface area (Å²) in [5.41, 5.74) is 3.81. The number of rotatable bonds is 1. The van der Waals surface area contributed by atoms with Crippen LogP contribution in [-0.4, -0.2) is 20.8 Å². The van der Waals surface area contributed by atoms with Crippen molar-refractivity contribution in [3.63, 3.8) is 0 Å². The summed E-state index contributed by atoms with van der Waals surface area (Å²) in [6.07, 6.45) is 6.85. The van der Waals surface area contributed by atoms with Gasteiger partial charge in [-0.1, -0.05) is 30.7 Å². The average Bonchev–Trinajstić information content (AvgIpc) is 3.05. The first-order valence-corrected chi connectivity index (χ1v) is 6.65. The van der Waals surface area contributed by atoms with Crippen molar-refractivity contribution in [2.45, 2.75) is 31.4 Å². The quantitative estimate of drug-likeness (QED) is 0.832. The Bertz CT molecular complexity index is 590. The van der Waals surface area contributed by atoms with E-state index < -0.39 is 0 Å². The Morgan fingerprint density at radius 2 is 2.11 bits per heavy atom. The fraction of sp³-hybridized carbons (Fsp3) is 0.400. The van der Waals surface area contributed by atoms with Gasteiger partial charge in [-0.05, 0) is 18.4 Å². The molecular formula is C15H16N2O. The zero-order valence-electron chi connectivity index (χ0n) is 10.2. The predicted molar refractivity (Wildman–Crippen MR) is 69.1 cm³/mol. The van der Waals surface area contributed by atoms with Crippen LogP contribution in [0.2, 0.25) is 0 Å². The first-order chi connectivity index (χ1) is 8.86. The normalized spacial score (nSPS) is 29.3. The summed E-state index contributed by atoms with van der Waals surface area (Å²) in [7, 11) is 0. The lowest BCUT2D eigenvalue weighted by molar-refractivity contribution is 0.112. The van der Waals surface area contributed by atoms with E-state index in [-0.39, 0.29) is 12.1 Å². The molecule has 0 amide bonds. The second kappa shape index (κ2) is 3.69. The van der Waals surface area contributed by atoms with E-state index in [0.29, 0.717) is 5.92 Å². The maximum Gasteiger partial charge on any atom is 0.0956 e. The maximum atomic E-state index is 10.2. The molecule has 92 valence electrons. The first-order valence-electron chi connectivity index (χ1n) is 6.65. The lowest BCUT2D eigenvalue weighted by Gasteiger charge is -2.24. The van der Waals surface area contributed by atoms with Crippen LogP contribution in [0.15, 0.2) is 36.8 Å². The van der Waals surface area contributed by atoms with Crippen LogP contribution in [0.25, 0.3) is 11.3 Å². The molecule has 1 aliphatic carbocycles. The smallest absolute Gasteiger partial charge is 0.0956 e. The molecule has 2 heterocycles. The standard InChI is InChI=1S/C15H16N2O/c18-14-7-3-6-12(14)15-11-5-2-1-4-10(11)13-8-16-9-17(13)15/h1-2,4-5,8-9,12,14-15,18H,3,6-7H2/t12-,14-,15?/m0/s1.